The summed E-state index contributed by atoms with van der Waals surface area (Å²) in [5.41, 5.74) is 13.0. The number of carbonyl (C=O) groups is 2. The summed E-state index contributed by atoms with van der Waals surface area (Å²) in [4.78, 5) is 28.5. The summed E-state index contributed by atoms with van der Waals surface area (Å²) in [5.74, 6) is 1.33. The number of hydrogen-bond acceptors (Lipinski definition) is 4. The zero-order valence-electron chi connectivity index (χ0n) is 43.7. The van der Waals surface area contributed by atoms with Crippen LogP contribution >= 0.6 is 23.2 Å². The molecule has 0 fully saturated rings. The van der Waals surface area contributed by atoms with Crippen LogP contribution in [0.1, 0.15) is 80.3 Å². The van der Waals surface area contributed by atoms with Gasteiger partial charge in [0, 0.05) is 62.1 Å². The van der Waals surface area contributed by atoms with Crippen molar-refractivity contribution in [2.75, 3.05) is 7.05 Å². The Kier molecular flexibility index (Phi) is 17.2. The monoisotopic (exact) mass is 1050 g/mol. The smallest absolute Gasteiger partial charge is 0.254 e. The van der Waals surface area contributed by atoms with Gasteiger partial charge in [0.2, 0.25) is 0 Å². The van der Waals surface area contributed by atoms with Gasteiger partial charge >= 0.3 is 0 Å². The minimum atomic E-state index is -0.121. The Hall–Kier alpha value is -8.56. The second-order valence-corrected chi connectivity index (χ2v) is 19.8. The Labute approximate surface area is 461 Å². The lowest BCUT2D eigenvalue weighted by molar-refractivity contribution is 0.0742. The van der Waals surface area contributed by atoms with E-state index < -0.39 is 0 Å². The van der Waals surface area contributed by atoms with Crippen LogP contribution < -0.4 is 14.8 Å². The maximum Gasteiger partial charge on any atom is 0.254 e. The second-order valence-electron chi connectivity index (χ2n) is 18.9. The number of rotatable bonds is 16. The number of nitrogens with one attached hydrogen (secondary N) is 1. The Morgan fingerprint density at radius 1 is 0.494 bits per heavy atom. The Morgan fingerprint density at radius 2 is 0.922 bits per heavy atom. The molecule has 10 heteroatoms. The zero-order chi connectivity index (χ0) is 53.8. The molecule has 0 unspecified atom stereocenters. The normalized spacial score (nSPS) is 11.7. The molecule has 0 bridgehead atoms. The van der Waals surface area contributed by atoms with Crippen LogP contribution in [0.5, 0.6) is 11.5 Å². The number of carbonyl (C=O) groups excluding carboxylic acids is 2. The van der Waals surface area contributed by atoms with Gasteiger partial charge in [0.1, 0.15) is 24.7 Å². The molecule has 2 atom stereocenters. The van der Waals surface area contributed by atoms with Crippen molar-refractivity contribution >= 4 is 35.0 Å². The molecule has 0 radical (unpaired) electrons. The molecule has 0 saturated carbocycles. The van der Waals surface area contributed by atoms with Crippen LogP contribution in [-0.2, 0) is 13.2 Å². The van der Waals surface area contributed by atoms with Gasteiger partial charge in [0.15, 0.2) is 0 Å². The third-order valence-electron chi connectivity index (χ3n) is 13.6. The van der Waals surface area contributed by atoms with E-state index in [1.54, 1.807) is 4.90 Å². The van der Waals surface area contributed by atoms with E-state index in [1.807, 2.05) is 234 Å². The van der Waals surface area contributed by atoms with E-state index in [9.17, 15) is 9.59 Å². The average Bonchev–Trinajstić information content (AvgIpc) is 4.07. The van der Waals surface area contributed by atoms with Crippen LogP contribution in [0.2, 0.25) is 10.0 Å². The Balaban J connectivity index is 0.000000188. The molecule has 2 aromatic heterocycles. The van der Waals surface area contributed by atoms with Crippen LogP contribution in [0.3, 0.4) is 0 Å². The lowest BCUT2D eigenvalue weighted by atomic mass is 10.1. The molecular weight excluding hydrogens is 996 g/mol. The predicted molar refractivity (Wildman–Crippen MR) is 313 cm³/mol. The Morgan fingerprint density at radius 3 is 1.40 bits per heavy atom. The molecular formula is C67H60Cl2N4O4. The van der Waals surface area contributed by atoms with E-state index in [-0.39, 0.29) is 23.9 Å². The number of ether oxygens (including phenoxy) is 2. The largest absolute Gasteiger partial charge is 0.488 e. The number of nitrogens with zero attached hydrogens (tertiary/aromatic N) is 3. The summed E-state index contributed by atoms with van der Waals surface area (Å²) in [7, 11) is 1.85. The van der Waals surface area contributed by atoms with Crippen molar-refractivity contribution in [3.05, 3.63) is 285 Å². The molecule has 10 aromatic rings. The lowest BCUT2D eigenvalue weighted by Crippen LogP contribution is -2.29. The number of aromatic nitrogens is 2. The number of amides is 2. The molecule has 0 aliphatic carbocycles. The molecule has 2 heterocycles. The van der Waals surface area contributed by atoms with Gasteiger partial charge in [-0.15, -0.1) is 0 Å². The molecule has 8 nitrogen and oxygen atoms in total. The van der Waals surface area contributed by atoms with Crippen LogP contribution in [0.4, 0.5) is 0 Å². The number of aryl methyl sites for hydroxylation is 2. The molecule has 0 aliphatic heterocycles. The number of hydrogen-bond donors (Lipinski definition) is 1. The van der Waals surface area contributed by atoms with Crippen LogP contribution in [-0.4, -0.2) is 32.9 Å². The quantitative estimate of drug-likeness (QED) is 0.105. The molecule has 0 spiro atoms. The lowest BCUT2D eigenvalue weighted by Gasteiger charge is -2.26. The first-order chi connectivity index (χ1) is 37.4. The number of benzene rings is 8. The summed E-state index contributed by atoms with van der Waals surface area (Å²) in [6, 6.07) is 75.0. The minimum absolute atomic E-state index is 0.0331. The highest BCUT2D eigenvalue weighted by Crippen LogP contribution is 2.38. The summed E-state index contributed by atoms with van der Waals surface area (Å²) < 4.78 is 16.8. The van der Waals surface area contributed by atoms with E-state index in [2.05, 4.69) is 45.6 Å². The van der Waals surface area contributed by atoms with E-state index in [1.165, 1.54) is 0 Å². The summed E-state index contributed by atoms with van der Waals surface area (Å²) in [6.45, 7) is 9.03. The molecule has 0 aliphatic rings. The molecule has 10 rings (SSSR count). The fraction of sp³-hybridized carbons (Fsp3) is 0.134. The molecule has 2 amide bonds. The third kappa shape index (κ3) is 12.9. The van der Waals surface area contributed by atoms with Gasteiger partial charge in [-0.05, 0) is 147 Å². The first kappa shape index (κ1) is 53.3. The van der Waals surface area contributed by atoms with E-state index in [0.717, 1.165) is 79.0 Å². The van der Waals surface area contributed by atoms with Gasteiger partial charge in [0.05, 0.1) is 23.5 Å². The molecule has 8 aromatic carbocycles. The maximum absolute atomic E-state index is 13.5. The fourth-order valence-corrected chi connectivity index (χ4v) is 9.66. The standard InChI is InChI=1S/C34H31ClN2O2.C33H29ClN2O2/c1-24-17-19-32(31-22-29(35)18-20-33(31)39-23-26-11-6-4-7-12-26)37(24)30-16-10-15-28(21-30)34(38)36(3)25(2)27-13-8-5-9-14-27;1-23-16-18-31(30-21-28(34)17-19-32(30)38-22-25-10-5-3-6-11-25)36(23)29-15-9-14-27(20-29)33(37)35-24(2)26-12-7-4-8-13-26/h4-22,25H,23H2,1-3H3;3-21,24H,22H2,1-2H3,(H,35,37)/t25-;24-/m11/s1. The third-order valence-corrected chi connectivity index (χ3v) is 14.1. The van der Waals surface area contributed by atoms with Crippen molar-refractivity contribution in [3.63, 3.8) is 0 Å². The maximum atomic E-state index is 13.5. The predicted octanol–water partition coefficient (Wildman–Crippen LogP) is 16.7. The van der Waals surface area contributed by atoms with Crippen molar-refractivity contribution in [2.45, 2.75) is 53.0 Å². The van der Waals surface area contributed by atoms with Crippen molar-refractivity contribution in [1.29, 1.82) is 0 Å². The average molecular weight is 1060 g/mol. The van der Waals surface area contributed by atoms with Gasteiger partial charge in [-0.2, -0.15) is 0 Å². The molecule has 1 N–H and O–H groups in total. The zero-order valence-corrected chi connectivity index (χ0v) is 45.3. The van der Waals surface area contributed by atoms with Gasteiger partial charge in [-0.25, -0.2) is 0 Å². The van der Waals surface area contributed by atoms with E-state index >= 15 is 0 Å². The highest BCUT2D eigenvalue weighted by atomic mass is 35.5. The molecule has 77 heavy (non-hydrogen) atoms. The van der Waals surface area contributed by atoms with Crippen molar-refractivity contribution < 1.29 is 19.1 Å². The van der Waals surface area contributed by atoms with Crippen LogP contribution in [0.25, 0.3) is 33.9 Å². The first-order valence-corrected chi connectivity index (χ1v) is 26.4. The van der Waals surface area contributed by atoms with Crippen LogP contribution in [0, 0.1) is 13.8 Å². The summed E-state index contributed by atoms with van der Waals surface area (Å²) >= 11 is 12.9. The van der Waals surface area contributed by atoms with Gasteiger partial charge in [-0.3, -0.25) is 9.59 Å². The topological polar surface area (TPSA) is 77.7 Å². The first-order valence-electron chi connectivity index (χ1n) is 25.6. The van der Waals surface area contributed by atoms with Crippen molar-refractivity contribution in [2.24, 2.45) is 0 Å². The highest BCUT2D eigenvalue weighted by molar-refractivity contribution is 6.31. The number of halogens is 2. The molecule has 386 valence electrons. The van der Waals surface area contributed by atoms with Crippen molar-refractivity contribution in [3.8, 4) is 45.4 Å². The second kappa shape index (κ2) is 24.9. The summed E-state index contributed by atoms with van der Waals surface area (Å²) in [5, 5.41) is 4.36. The minimum Gasteiger partial charge on any atom is -0.488 e. The van der Waals surface area contributed by atoms with Gasteiger partial charge in [0.25, 0.3) is 11.8 Å². The molecule has 0 saturated heterocycles. The van der Waals surface area contributed by atoms with Gasteiger partial charge in [-0.1, -0.05) is 157 Å². The van der Waals surface area contributed by atoms with E-state index in [4.69, 9.17) is 32.7 Å². The van der Waals surface area contributed by atoms with Gasteiger partial charge < -0.3 is 28.8 Å². The van der Waals surface area contributed by atoms with Crippen molar-refractivity contribution in [1.82, 2.24) is 19.4 Å². The highest BCUT2D eigenvalue weighted by Gasteiger charge is 2.22. The summed E-state index contributed by atoms with van der Waals surface area (Å²) in [6.07, 6.45) is 0. The fourth-order valence-electron chi connectivity index (χ4n) is 9.31. The van der Waals surface area contributed by atoms with E-state index in [0.29, 0.717) is 34.4 Å². The van der Waals surface area contributed by atoms with Crippen LogP contribution in [0.15, 0.2) is 231 Å². The SMILES string of the molecule is Cc1ccc(-c2cc(Cl)ccc2OCc2ccccc2)n1-c1cccc(C(=O)N(C)[C@H](C)c2ccccc2)c1.Cc1ccc(-c2cc(Cl)ccc2OCc2ccccc2)n1-c1cccc(C(=O)N[C@H](C)c2ccccc2)c1. The Bertz CT molecular complexity index is 3600.